The molecule has 1 nitrogen and oxygen atoms in total. The summed E-state index contributed by atoms with van der Waals surface area (Å²) in [4.78, 5) is 11.8. The third-order valence-corrected chi connectivity index (χ3v) is 3.85. The lowest BCUT2D eigenvalue weighted by Gasteiger charge is -2.03. The van der Waals surface area contributed by atoms with Gasteiger partial charge in [0.25, 0.3) is 0 Å². The monoisotopic (exact) mass is 266 g/mol. The largest absolute Gasteiger partial charge is 0.294 e. The SMILES string of the molecule is Cc1cc(C(=O)CCC2CC2)ccc1Br. The van der Waals surface area contributed by atoms with Crippen molar-refractivity contribution in [2.45, 2.75) is 32.6 Å². The van der Waals surface area contributed by atoms with Crippen LogP contribution in [0.25, 0.3) is 0 Å². The fraction of sp³-hybridized carbons (Fsp3) is 0.462. The first kappa shape index (κ1) is 10.9. The van der Waals surface area contributed by atoms with Gasteiger partial charge in [0.1, 0.15) is 0 Å². The Balaban J connectivity index is 2.00. The molecule has 2 heteroatoms. The maximum Gasteiger partial charge on any atom is 0.162 e. The molecule has 0 radical (unpaired) electrons. The van der Waals surface area contributed by atoms with Crippen LogP contribution in [0.1, 0.15) is 41.6 Å². The van der Waals surface area contributed by atoms with Crippen molar-refractivity contribution in [3.63, 3.8) is 0 Å². The van der Waals surface area contributed by atoms with Crippen LogP contribution in [-0.2, 0) is 0 Å². The Bertz CT molecular complexity index is 380. The number of halogens is 1. The fourth-order valence-corrected chi connectivity index (χ4v) is 1.95. The summed E-state index contributed by atoms with van der Waals surface area (Å²) in [6, 6.07) is 5.84. The average Bonchev–Trinajstić information content (AvgIpc) is 3.02. The zero-order valence-corrected chi connectivity index (χ0v) is 10.5. The third kappa shape index (κ3) is 2.91. The highest BCUT2D eigenvalue weighted by Gasteiger charge is 2.22. The van der Waals surface area contributed by atoms with Gasteiger partial charge in [-0.25, -0.2) is 0 Å². The molecule has 1 aliphatic rings. The van der Waals surface area contributed by atoms with E-state index in [0.717, 1.165) is 27.9 Å². The molecular formula is C13H15BrO. The highest BCUT2D eigenvalue weighted by molar-refractivity contribution is 9.10. The summed E-state index contributed by atoms with van der Waals surface area (Å²) in [5, 5.41) is 0. The summed E-state index contributed by atoms with van der Waals surface area (Å²) < 4.78 is 1.07. The van der Waals surface area contributed by atoms with Crippen LogP contribution in [0.2, 0.25) is 0 Å². The van der Waals surface area contributed by atoms with Gasteiger partial charge in [-0.1, -0.05) is 34.8 Å². The van der Waals surface area contributed by atoms with Crippen molar-refractivity contribution in [2.75, 3.05) is 0 Å². The van der Waals surface area contributed by atoms with Gasteiger partial charge in [-0.3, -0.25) is 4.79 Å². The van der Waals surface area contributed by atoms with Crippen molar-refractivity contribution in [3.05, 3.63) is 33.8 Å². The van der Waals surface area contributed by atoms with Gasteiger partial charge < -0.3 is 0 Å². The minimum absolute atomic E-state index is 0.289. The number of hydrogen-bond donors (Lipinski definition) is 0. The van der Waals surface area contributed by atoms with Crippen molar-refractivity contribution in [1.29, 1.82) is 0 Å². The Labute approximate surface area is 99.0 Å². The summed E-state index contributed by atoms with van der Waals surface area (Å²) in [5.74, 6) is 1.13. The predicted octanol–water partition coefficient (Wildman–Crippen LogP) is 4.13. The minimum atomic E-state index is 0.289. The van der Waals surface area contributed by atoms with Crippen LogP contribution < -0.4 is 0 Å². The van der Waals surface area contributed by atoms with Crippen molar-refractivity contribution in [3.8, 4) is 0 Å². The number of benzene rings is 1. The lowest BCUT2D eigenvalue weighted by Crippen LogP contribution is -1.99. The summed E-state index contributed by atoms with van der Waals surface area (Å²) in [6.45, 7) is 2.02. The van der Waals surface area contributed by atoms with E-state index in [1.165, 1.54) is 12.8 Å². The molecule has 1 saturated carbocycles. The van der Waals surface area contributed by atoms with Gasteiger partial charge in [0, 0.05) is 16.5 Å². The normalized spacial score (nSPS) is 15.3. The molecule has 0 aliphatic heterocycles. The second-order valence-electron chi connectivity index (χ2n) is 4.37. The lowest BCUT2D eigenvalue weighted by molar-refractivity contribution is 0.0978. The predicted molar refractivity (Wildman–Crippen MR) is 65.2 cm³/mol. The van der Waals surface area contributed by atoms with Crippen molar-refractivity contribution in [2.24, 2.45) is 5.92 Å². The molecule has 0 spiro atoms. The molecule has 0 unspecified atom stereocenters. The number of rotatable bonds is 4. The molecule has 0 N–H and O–H groups in total. The summed E-state index contributed by atoms with van der Waals surface area (Å²) >= 11 is 3.44. The molecule has 80 valence electrons. The smallest absolute Gasteiger partial charge is 0.162 e. The Morgan fingerprint density at radius 3 is 2.80 bits per heavy atom. The highest BCUT2D eigenvalue weighted by Crippen LogP contribution is 2.34. The second kappa shape index (κ2) is 4.48. The molecule has 0 amide bonds. The van der Waals surface area contributed by atoms with E-state index in [1.807, 2.05) is 25.1 Å². The Kier molecular flexibility index (Phi) is 3.25. The van der Waals surface area contributed by atoms with Crippen molar-refractivity contribution < 1.29 is 4.79 Å². The van der Waals surface area contributed by atoms with Gasteiger partial charge in [0.05, 0.1) is 0 Å². The topological polar surface area (TPSA) is 17.1 Å². The van der Waals surface area contributed by atoms with Gasteiger partial charge in [-0.2, -0.15) is 0 Å². The highest BCUT2D eigenvalue weighted by atomic mass is 79.9. The molecular weight excluding hydrogens is 252 g/mol. The van der Waals surface area contributed by atoms with Gasteiger partial charge in [0.15, 0.2) is 5.78 Å². The Morgan fingerprint density at radius 1 is 1.47 bits per heavy atom. The molecule has 2 rings (SSSR count). The second-order valence-corrected chi connectivity index (χ2v) is 5.22. The summed E-state index contributed by atoms with van der Waals surface area (Å²) in [5.41, 5.74) is 1.99. The van der Waals surface area contributed by atoms with E-state index in [-0.39, 0.29) is 5.78 Å². The molecule has 0 atom stereocenters. The van der Waals surface area contributed by atoms with Crippen molar-refractivity contribution >= 4 is 21.7 Å². The van der Waals surface area contributed by atoms with Crippen LogP contribution in [0.3, 0.4) is 0 Å². The maximum absolute atomic E-state index is 11.8. The number of Topliss-reactive ketones (excluding diaryl/α,β-unsaturated/α-hetero) is 1. The van der Waals surface area contributed by atoms with E-state index in [1.54, 1.807) is 0 Å². The molecule has 0 heterocycles. The van der Waals surface area contributed by atoms with Gasteiger partial charge in [0.2, 0.25) is 0 Å². The van der Waals surface area contributed by atoms with Crippen LogP contribution in [-0.4, -0.2) is 5.78 Å². The van der Waals surface area contributed by atoms with E-state index >= 15 is 0 Å². The summed E-state index contributed by atoms with van der Waals surface area (Å²) in [6.07, 6.45) is 4.44. The average molecular weight is 267 g/mol. The van der Waals surface area contributed by atoms with Gasteiger partial charge >= 0.3 is 0 Å². The van der Waals surface area contributed by atoms with Gasteiger partial charge in [-0.05, 0) is 37.0 Å². The minimum Gasteiger partial charge on any atom is -0.294 e. The summed E-state index contributed by atoms with van der Waals surface area (Å²) in [7, 11) is 0. The van der Waals surface area contributed by atoms with Crippen molar-refractivity contribution in [1.82, 2.24) is 0 Å². The number of hydrogen-bond acceptors (Lipinski definition) is 1. The van der Waals surface area contributed by atoms with Crippen LogP contribution >= 0.6 is 15.9 Å². The number of aryl methyl sites for hydroxylation is 1. The van der Waals surface area contributed by atoms with E-state index in [4.69, 9.17) is 0 Å². The molecule has 1 aliphatic carbocycles. The molecule has 15 heavy (non-hydrogen) atoms. The molecule has 1 aromatic carbocycles. The van der Waals surface area contributed by atoms with E-state index in [9.17, 15) is 4.79 Å². The number of carbonyl (C=O) groups excluding carboxylic acids is 1. The molecule has 0 aromatic heterocycles. The van der Waals surface area contributed by atoms with E-state index < -0.39 is 0 Å². The maximum atomic E-state index is 11.8. The van der Waals surface area contributed by atoms with Crippen LogP contribution in [0.5, 0.6) is 0 Å². The van der Waals surface area contributed by atoms with Crippen LogP contribution in [0.4, 0.5) is 0 Å². The number of ketones is 1. The third-order valence-electron chi connectivity index (χ3n) is 2.96. The zero-order chi connectivity index (χ0) is 10.8. The first-order valence-corrected chi connectivity index (χ1v) is 6.25. The Morgan fingerprint density at radius 2 is 2.20 bits per heavy atom. The van der Waals surface area contributed by atoms with E-state index in [0.29, 0.717) is 6.42 Å². The fourth-order valence-electron chi connectivity index (χ4n) is 1.70. The zero-order valence-electron chi connectivity index (χ0n) is 8.92. The first-order valence-electron chi connectivity index (χ1n) is 5.46. The number of carbonyl (C=O) groups is 1. The first-order chi connectivity index (χ1) is 7.16. The lowest BCUT2D eigenvalue weighted by atomic mass is 10.0. The molecule has 1 aromatic rings. The van der Waals surface area contributed by atoms with Crippen LogP contribution in [0.15, 0.2) is 22.7 Å². The Hall–Kier alpha value is -0.630. The standard InChI is InChI=1S/C13H15BrO/c1-9-8-11(5-6-12(9)14)13(15)7-4-10-2-3-10/h5-6,8,10H,2-4,7H2,1H3. The quantitative estimate of drug-likeness (QED) is 0.749. The molecule has 0 bridgehead atoms. The van der Waals surface area contributed by atoms with Crippen LogP contribution in [0, 0.1) is 12.8 Å². The molecule has 0 saturated heterocycles. The molecule has 1 fully saturated rings. The van der Waals surface area contributed by atoms with E-state index in [2.05, 4.69) is 15.9 Å². The van der Waals surface area contributed by atoms with Gasteiger partial charge in [-0.15, -0.1) is 0 Å².